The summed E-state index contributed by atoms with van der Waals surface area (Å²) >= 11 is 1.62. The van der Waals surface area contributed by atoms with E-state index in [0.717, 1.165) is 44.3 Å². The first-order valence-corrected chi connectivity index (χ1v) is 6.71. The van der Waals surface area contributed by atoms with Gasteiger partial charge in [0.25, 0.3) is 0 Å². The van der Waals surface area contributed by atoms with Crippen LogP contribution in [0.15, 0.2) is 5.51 Å². The van der Waals surface area contributed by atoms with Crippen molar-refractivity contribution in [2.75, 3.05) is 44.2 Å². The summed E-state index contributed by atoms with van der Waals surface area (Å²) < 4.78 is 0. The monoisotopic (exact) mass is 241 g/mol. The van der Waals surface area contributed by atoms with Crippen LogP contribution < -0.4 is 10.6 Å². The summed E-state index contributed by atoms with van der Waals surface area (Å²) in [5.41, 5.74) is 7.28. The highest BCUT2D eigenvalue weighted by Crippen LogP contribution is 2.17. The molecule has 0 aromatic carbocycles. The molecular weight excluding hydrogens is 222 g/mol. The fourth-order valence-corrected chi connectivity index (χ4v) is 2.56. The Morgan fingerprint density at radius 3 is 2.69 bits per heavy atom. The molecule has 6 heteroatoms. The zero-order valence-corrected chi connectivity index (χ0v) is 10.3. The lowest BCUT2D eigenvalue weighted by molar-refractivity contribution is 0.253. The Labute approximate surface area is 100 Å². The number of unbranched alkanes of at least 4 members (excludes halogenated alkanes) is 1. The highest BCUT2D eigenvalue weighted by Gasteiger charge is 2.18. The molecule has 1 aromatic rings. The number of nitrogens with two attached hydrogens (primary N) is 1. The van der Waals surface area contributed by atoms with Gasteiger partial charge >= 0.3 is 0 Å². The molecule has 0 amide bonds. The topological polar surface area (TPSA) is 58.3 Å². The lowest BCUT2D eigenvalue weighted by atomic mass is 10.2. The first kappa shape index (κ1) is 11.8. The van der Waals surface area contributed by atoms with Gasteiger partial charge in [0.15, 0.2) is 0 Å². The molecule has 1 saturated heterocycles. The van der Waals surface area contributed by atoms with Crippen molar-refractivity contribution < 1.29 is 0 Å². The first-order chi connectivity index (χ1) is 7.90. The Kier molecular flexibility index (Phi) is 4.50. The quantitative estimate of drug-likeness (QED) is 0.756. The first-order valence-electron chi connectivity index (χ1n) is 5.83. The van der Waals surface area contributed by atoms with Crippen LogP contribution in [0.1, 0.15) is 12.8 Å². The van der Waals surface area contributed by atoms with Crippen LogP contribution in [0.5, 0.6) is 0 Å². The zero-order chi connectivity index (χ0) is 11.2. The molecule has 1 aliphatic rings. The third-order valence-electron chi connectivity index (χ3n) is 2.92. The van der Waals surface area contributed by atoms with Crippen molar-refractivity contribution in [3.63, 3.8) is 0 Å². The van der Waals surface area contributed by atoms with Gasteiger partial charge in [0.2, 0.25) is 5.13 Å². The molecule has 2 N–H and O–H groups in total. The number of nitrogens with zero attached hydrogens (tertiary/aromatic N) is 4. The van der Waals surface area contributed by atoms with E-state index < -0.39 is 0 Å². The second kappa shape index (κ2) is 6.12. The van der Waals surface area contributed by atoms with Crippen LogP contribution in [0.4, 0.5) is 5.13 Å². The smallest absolute Gasteiger partial charge is 0.208 e. The number of hydrogen-bond donors (Lipinski definition) is 1. The number of piperazine rings is 1. The highest BCUT2D eigenvalue weighted by atomic mass is 32.1. The summed E-state index contributed by atoms with van der Waals surface area (Å²) in [7, 11) is 0. The molecule has 0 radical (unpaired) electrons. The highest BCUT2D eigenvalue weighted by molar-refractivity contribution is 7.13. The minimum Gasteiger partial charge on any atom is -0.344 e. The van der Waals surface area contributed by atoms with Gasteiger partial charge < -0.3 is 10.6 Å². The Hall–Kier alpha value is -0.720. The predicted molar refractivity (Wildman–Crippen MR) is 66.9 cm³/mol. The average molecular weight is 241 g/mol. The molecule has 2 heterocycles. The number of rotatable bonds is 5. The number of anilines is 1. The van der Waals surface area contributed by atoms with Crippen LogP contribution in [0.3, 0.4) is 0 Å². The molecule has 2 rings (SSSR count). The Morgan fingerprint density at radius 2 is 2.06 bits per heavy atom. The minimum absolute atomic E-state index is 0.810. The fourth-order valence-electron chi connectivity index (χ4n) is 1.95. The van der Waals surface area contributed by atoms with E-state index in [1.54, 1.807) is 16.8 Å². The summed E-state index contributed by atoms with van der Waals surface area (Å²) in [5, 5.41) is 9.03. The van der Waals surface area contributed by atoms with Gasteiger partial charge in [-0.25, -0.2) is 0 Å². The van der Waals surface area contributed by atoms with E-state index >= 15 is 0 Å². The van der Waals surface area contributed by atoms with Crippen LogP contribution in [-0.4, -0.2) is 54.4 Å². The molecule has 0 atom stereocenters. The van der Waals surface area contributed by atoms with Crippen LogP contribution in [0.25, 0.3) is 0 Å². The second-order valence-electron chi connectivity index (χ2n) is 4.05. The summed E-state index contributed by atoms with van der Waals surface area (Å²) in [6, 6.07) is 0. The third-order valence-corrected chi connectivity index (χ3v) is 3.67. The number of aromatic nitrogens is 2. The van der Waals surface area contributed by atoms with E-state index in [1.807, 2.05) is 0 Å². The van der Waals surface area contributed by atoms with Crippen molar-refractivity contribution in [1.29, 1.82) is 0 Å². The molecule has 0 unspecified atom stereocenters. The zero-order valence-electron chi connectivity index (χ0n) is 9.51. The Balaban J connectivity index is 1.70. The van der Waals surface area contributed by atoms with Crippen molar-refractivity contribution in [3.8, 4) is 0 Å². The molecule has 0 spiro atoms. The molecule has 0 bridgehead atoms. The molecule has 16 heavy (non-hydrogen) atoms. The van der Waals surface area contributed by atoms with E-state index in [1.165, 1.54) is 13.0 Å². The van der Waals surface area contributed by atoms with Gasteiger partial charge in [-0.15, -0.1) is 10.2 Å². The molecule has 90 valence electrons. The maximum Gasteiger partial charge on any atom is 0.208 e. The summed E-state index contributed by atoms with van der Waals surface area (Å²) in [4.78, 5) is 4.82. The average Bonchev–Trinajstić information content (AvgIpc) is 2.84. The van der Waals surface area contributed by atoms with E-state index in [9.17, 15) is 0 Å². The van der Waals surface area contributed by atoms with Crippen LogP contribution in [0.2, 0.25) is 0 Å². The van der Waals surface area contributed by atoms with Gasteiger partial charge in [0.05, 0.1) is 0 Å². The lowest BCUT2D eigenvalue weighted by Crippen LogP contribution is -2.46. The van der Waals surface area contributed by atoms with Gasteiger partial charge in [-0.05, 0) is 25.9 Å². The summed E-state index contributed by atoms with van der Waals surface area (Å²) in [5.74, 6) is 0. The SMILES string of the molecule is NCCCCN1CCN(c2nncs2)CC1. The van der Waals surface area contributed by atoms with Gasteiger partial charge in [0.1, 0.15) is 5.51 Å². The lowest BCUT2D eigenvalue weighted by Gasteiger charge is -2.34. The van der Waals surface area contributed by atoms with Crippen LogP contribution in [-0.2, 0) is 0 Å². The molecule has 5 nitrogen and oxygen atoms in total. The maximum absolute atomic E-state index is 5.49. The van der Waals surface area contributed by atoms with Gasteiger partial charge in [0, 0.05) is 26.2 Å². The van der Waals surface area contributed by atoms with Crippen LogP contribution in [0, 0.1) is 0 Å². The van der Waals surface area contributed by atoms with Crippen LogP contribution >= 0.6 is 11.3 Å². The largest absolute Gasteiger partial charge is 0.344 e. The standard InChI is InChI=1S/C10H19N5S/c11-3-1-2-4-14-5-7-15(8-6-14)10-13-12-9-16-10/h9H,1-8,11H2. The molecule has 1 aliphatic heterocycles. The molecule has 0 aliphatic carbocycles. The molecule has 1 fully saturated rings. The molecular formula is C10H19N5S. The Bertz CT molecular complexity index is 281. The fraction of sp³-hybridized carbons (Fsp3) is 0.800. The van der Waals surface area contributed by atoms with E-state index in [-0.39, 0.29) is 0 Å². The number of hydrogen-bond acceptors (Lipinski definition) is 6. The van der Waals surface area contributed by atoms with E-state index in [4.69, 9.17) is 5.73 Å². The van der Waals surface area contributed by atoms with Crippen molar-refractivity contribution in [2.45, 2.75) is 12.8 Å². The van der Waals surface area contributed by atoms with E-state index in [2.05, 4.69) is 20.0 Å². The molecule has 1 aromatic heterocycles. The molecule has 0 saturated carbocycles. The second-order valence-corrected chi connectivity index (χ2v) is 4.86. The Morgan fingerprint density at radius 1 is 1.25 bits per heavy atom. The van der Waals surface area contributed by atoms with E-state index in [0.29, 0.717) is 0 Å². The van der Waals surface area contributed by atoms with Gasteiger partial charge in [-0.3, -0.25) is 4.90 Å². The predicted octanol–water partition coefficient (Wildman–Crippen LogP) is 0.399. The summed E-state index contributed by atoms with van der Waals surface area (Å²) in [6.45, 7) is 6.38. The van der Waals surface area contributed by atoms with Crippen molar-refractivity contribution >= 4 is 16.5 Å². The normalized spacial score (nSPS) is 17.9. The third kappa shape index (κ3) is 3.13. The van der Waals surface area contributed by atoms with Gasteiger partial charge in [-0.2, -0.15) is 0 Å². The van der Waals surface area contributed by atoms with Crippen molar-refractivity contribution in [1.82, 2.24) is 15.1 Å². The van der Waals surface area contributed by atoms with Crippen molar-refractivity contribution in [2.24, 2.45) is 5.73 Å². The van der Waals surface area contributed by atoms with Crippen molar-refractivity contribution in [3.05, 3.63) is 5.51 Å². The minimum atomic E-state index is 0.810. The maximum atomic E-state index is 5.49. The summed E-state index contributed by atoms with van der Waals surface area (Å²) in [6.07, 6.45) is 2.35. The van der Waals surface area contributed by atoms with Gasteiger partial charge in [-0.1, -0.05) is 11.3 Å².